The number of hydrogen-bond donors (Lipinski definition) is 4. The zero-order valence-electron chi connectivity index (χ0n) is 13.7. The summed E-state index contributed by atoms with van der Waals surface area (Å²) >= 11 is 5.98. The minimum atomic E-state index is -0.822. The van der Waals surface area contributed by atoms with Gasteiger partial charge in [-0.15, -0.1) is 0 Å². The molecule has 0 aliphatic carbocycles. The SMILES string of the molecule is NC(=O)c1nc[nH]c1C(=O)Nc1ccc(NC(=O)c2ccccc2Cl)nc1. The molecule has 0 saturated carbocycles. The van der Waals surface area contributed by atoms with Crippen LogP contribution in [0.1, 0.15) is 31.3 Å². The Balaban J connectivity index is 1.68. The lowest BCUT2D eigenvalue weighted by molar-refractivity contribution is 0.0972. The second kappa shape index (κ2) is 7.67. The number of aromatic nitrogens is 3. The number of amides is 3. The second-order valence-corrected chi connectivity index (χ2v) is 5.72. The largest absolute Gasteiger partial charge is 0.364 e. The van der Waals surface area contributed by atoms with Gasteiger partial charge in [0, 0.05) is 0 Å². The quantitative estimate of drug-likeness (QED) is 0.532. The van der Waals surface area contributed by atoms with Crippen molar-refractivity contribution in [2.45, 2.75) is 0 Å². The molecule has 2 heterocycles. The maximum Gasteiger partial charge on any atom is 0.274 e. The number of halogens is 1. The van der Waals surface area contributed by atoms with Crippen LogP contribution in [0, 0.1) is 0 Å². The van der Waals surface area contributed by atoms with E-state index in [1.165, 1.54) is 24.7 Å². The number of carbonyl (C=O) groups excluding carboxylic acids is 3. The third-order valence-electron chi connectivity index (χ3n) is 3.48. The number of hydrogen-bond acceptors (Lipinski definition) is 5. The van der Waals surface area contributed by atoms with E-state index < -0.39 is 17.7 Å². The Labute approximate surface area is 158 Å². The number of anilines is 2. The smallest absolute Gasteiger partial charge is 0.274 e. The van der Waals surface area contributed by atoms with Crippen LogP contribution in [-0.2, 0) is 0 Å². The number of nitrogens with zero attached hydrogens (tertiary/aromatic N) is 2. The van der Waals surface area contributed by atoms with E-state index in [-0.39, 0.29) is 17.2 Å². The zero-order valence-corrected chi connectivity index (χ0v) is 14.4. The average Bonchev–Trinajstić information content (AvgIpc) is 3.14. The summed E-state index contributed by atoms with van der Waals surface area (Å²) in [7, 11) is 0. The Kier molecular flexibility index (Phi) is 5.13. The van der Waals surface area contributed by atoms with E-state index in [1.54, 1.807) is 24.3 Å². The van der Waals surface area contributed by atoms with Crippen LogP contribution in [0.25, 0.3) is 0 Å². The van der Waals surface area contributed by atoms with E-state index >= 15 is 0 Å². The first-order valence-corrected chi connectivity index (χ1v) is 8.00. The van der Waals surface area contributed by atoms with E-state index in [4.69, 9.17) is 17.3 Å². The Morgan fingerprint density at radius 1 is 1.00 bits per heavy atom. The van der Waals surface area contributed by atoms with E-state index in [9.17, 15) is 14.4 Å². The Bertz CT molecular complexity index is 1020. The summed E-state index contributed by atoms with van der Waals surface area (Å²) in [6.45, 7) is 0. The van der Waals surface area contributed by atoms with Gasteiger partial charge in [-0.1, -0.05) is 23.7 Å². The molecule has 136 valence electrons. The van der Waals surface area contributed by atoms with Gasteiger partial charge in [-0.3, -0.25) is 14.4 Å². The molecular weight excluding hydrogens is 372 g/mol. The molecule has 3 aromatic rings. The summed E-state index contributed by atoms with van der Waals surface area (Å²) in [4.78, 5) is 45.9. The molecule has 27 heavy (non-hydrogen) atoms. The van der Waals surface area contributed by atoms with Crippen molar-refractivity contribution < 1.29 is 14.4 Å². The third kappa shape index (κ3) is 4.10. The van der Waals surface area contributed by atoms with Crippen molar-refractivity contribution in [3.63, 3.8) is 0 Å². The minimum Gasteiger partial charge on any atom is -0.364 e. The highest BCUT2D eigenvalue weighted by molar-refractivity contribution is 6.34. The number of aromatic amines is 1. The molecule has 0 radical (unpaired) electrons. The van der Waals surface area contributed by atoms with Gasteiger partial charge in [-0.05, 0) is 24.3 Å². The van der Waals surface area contributed by atoms with E-state index in [1.807, 2.05) is 0 Å². The fourth-order valence-electron chi connectivity index (χ4n) is 2.22. The Hall–Kier alpha value is -3.72. The van der Waals surface area contributed by atoms with Crippen molar-refractivity contribution >= 4 is 40.8 Å². The predicted molar refractivity (Wildman–Crippen MR) is 98.7 cm³/mol. The molecule has 0 aliphatic rings. The number of primary amides is 1. The van der Waals surface area contributed by atoms with Gasteiger partial charge in [0.2, 0.25) is 0 Å². The second-order valence-electron chi connectivity index (χ2n) is 5.31. The molecule has 5 N–H and O–H groups in total. The highest BCUT2D eigenvalue weighted by atomic mass is 35.5. The first-order chi connectivity index (χ1) is 13.0. The monoisotopic (exact) mass is 384 g/mol. The first-order valence-electron chi connectivity index (χ1n) is 7.62. The number of H-pyrrole nitrogens is 1. The summed E-state index contributed by atoms with van der Waals surface area (Å²) in [5, 5.41) is 5.48. The maximum atomic E-state index is 12.2. The van der Waals surface area contributed by atoms with Crippen LogP contribution in [0.5, 0.6) is 0 Å². The normalized spacial score (nSPS) is 10.3. The van der Waals surface area contributed by atoms with Crippen molar-refractivity contribution in [1.82, 2.24) is 15.0 Å². The topological polar surface area (TPSA) is 143 Å². The Morgan fingerprint density at radius 3 is 2.44 bits per heavy atom. The molecule has 0 bridgehead atoms. The Morgan fingerprint density at radius 2 is 1.78 bits per heavy atom. The third-order valence-corrected chi connectivity index (χ3v) is 3.81. The number of carbonyl (C=O) groups is 3. The molecule has 0 unspecified atom stereocenters. The molecule has 0 saturated heterocycles. The van der Waals surface area contributed by atoms with Crippen LogP contribution in [0.2, 0.25) is 5.02 Å². The number of nitrogens with two attached hydrogens (primary N) is 1. The average molecular weight is 385 g/mol. The van der Waals surface area contributed by atoms with Gasteiger partial charge in [0.1, 0.15) is 11.5 Å². The summed E-state index contributed by atoms with van der Waals surface area (Å²) < 4.78 is 0. The van der Waals surface area contributed by atoms with Crippen molar-refractivity contribution in [2.75, 3.05) is 10.6 Å². The van der Waals surface area contributed by atoms with Gasteiger partial charge < -0.3 is 21.4 Å². The van der Waals surface area contributed by atoms with Gasteiger partial charge in [-0.2, -0.15) is 0 Å². The van der Waals surface area contributed by atoms with Gasteiger partial charge in [-0.25, -0.2) is 9.97 Å². The van der Waals surface area contributed by atoms with Gasteiger partial charge in [0.25, 0.3) is 17.7 Å². The summed E-state index contributed by atoms with van der Waals surface area (Å²) in [5.74, 6) is -1.56. The van der Waals surface area contributed by atoms with Crippen LogP contribution in [0.4, 0.5) is 11.5 Å². The lowest BCUT2D eigenvalue weighted by atomic mass is 10.2. The number of pyridine rings is 1. The predicted octanol–water partition coefficient (Wildman–Crippen LogP) is 2.06. The number of nitrogens with one attached hydrogen (secondary N) is 3. The van der Waals surface area contributed by atoms with Gasteiger partial charge in [0.15, 0.2) is 5.69 Å². The minimum absolute atomic E-state index is 0.0569. The van der Waals surface area contributed by atoms with Crippen LogP contribution in [0.15, 0.2) is 48.9 Å². The van der Waals surface area contributed by atoms with Crippen LogP contribution >= 0.6 is 11.6 Å². The van der Waals surface area contributed by atoms with Crippen molar-refractivity contribution in [3.8, 4) is 0 Å². The molecule has 0 spiro atoms. The molecule has 0 aliphatic heterocycles. The molecular formula is C17H13ClN6O3. The molecule has 3 rings (SSSR count). The van der Waals surface area contributed by atoms with Crippen LogP contribution in [0.3, 0.4) is 0 Å². The summed E-state index contributed by atoms with van der Waals surface area (Å²) in [6.07, 6.45) is 2.54. The fraction of sp³-hybridized carbons (Fsp3) is 0. The summed E-state index contributed by atoms with van der Waals surface area (Å²) in [5.41, 5.74) is 5.60. The van der Waals surface area contributed by atoms with Gasteiger partial charge >= 0.3 is 0 Å². The fourth-order valence-corrected chi connectivity index (χ4v) is 2.44. The molecule has 0 atom stereocenters. The first kappa shape index (κ1) is 18.1. The van der Waals surface area contributed by atoms with Crippen LogP contribution in [-0.4, -0.2) is 32.7 Å². The molecule has 1 aromatic carbocycles. The van der Waals surface area contributed by atoms with Crippen molar-refractivity contribution in [1.29, 1.82) is 0 Å². The lowest BCUT2D eigenvalue weighted by Gasteiger charge is -2.08. The van der Waals surface area contributed by atoms with E-state index in [0.717, 1.165) is 0 Å². The molecule has 0 fully saturated rings. The lowest BCUT2D eigenvalue weighted by Crippen LogP contribution is -2.20. The zero-order chi connectivity index (χ0) is 19.4. The van der Waals surface area contributed by atoms with E-state index in [0.29, 0.717) is 16.3 Å². The number of benzene rings is 1. The van der Waals surface area contributed by atoms with Crippen molar-refractivity contribution in [2.24, 2.45) is 5.73 Å². The number of imidazole rings is 1. The molecule has 2 aromatic heterocycles. The van der Waals surface area contributed by atoms with E-state index in [2.05, 4.69) is 25.6 Å². The standard InChI is InChI=1S/C17H13ClN6O3/c18-11-4-2-1-3-10(11)16(26)24-12-6-5-9(7-20-12)23-17(27)14-13(15(19)25)21-8-22-14/h1-8H,(H2,19,25)(H,21,22)(H,23,27)(H,20,24,26). The van der Waals surface area contributed by atoms with Crippen molar-refractivity contribution in [3.05, 3.63) is 70.9 Å². The highest BCUT2D eigenvalue weighted by Crippen LogP contribution is 2.17. The molecule has 10 heteroatoms. The highest BCUT2D eigenvalue weighted by Gasteiger charge is 2.18. The molecule has 3 amide bonds. The van der Waals surface area contributed by atoms with Crippen LogP contribution < -0.4 is 16.4 Å². The maximum absolute atomic E-state index is 12.2. The summed E-state index contributed by atoms with van der Waals surface area (Å²) in [6, 6.07) is 9.66. The number of rotatable bonds is 5. The van der Waals surface area contributed by atoms with Gasteiger partial charge in [0.05, 0.1) is 28.8 Å². The molecule has 9 nitrogen and oxygen atoms in total.